The number of esters is 1. The quantitative estimate of drug-likeness (QED) is 0.774. The van der Waals surface area contributed by atoms with Crippen LogP contribution in [-0.2, 0) is 19.1 Å². The van der Waals surface area contributed by atoms with Crippen LogP contribution in [0.4, 0.5) is 18.0 Å². The topological polar surface area (TPSA) is 84.9 Å². The summed E-state index contributed by atoms with van der Waals surface area (Å²) < 4.78 is 44.7. The first kappa shape index (κ1) is 18.1. The number of methoxy groups -OCH3 is 1. The van der Waals surface area contributed by atoms with Crippen LogP contribution in [0.3, 0.4) is 0 Å². The number of amides is 2. The van der Waals surface area contributed by atoms with Crippen molar-refractivity contribution in [3.63, 3.8) is 0 Å². The van der Waals surface area contributed by atoms with Crippen molar-refractivity contribution in [1.29, 1.82) is 0 Å². The van der Waals surface area contributed by atoms with E-state index in [-0.39, 0.29) is 13.0 Å². The number of carbonyl (C=O) groups excluding carboxylic acids is 3. The molecule has 1 heterocycles. The lowest BCUT2D eigenvalue weighted by atomic mass is 10.2. The van der Waals surface area contributed by atoms with Crippen molar-refractivity contribution in [2.45, 2.75) is 38.0 Å². The fraction of sp³-hybridized carbons (Fsp3) is 0.750. The smallest absolute Gasteiger partial charge is 0.422 e. The van der Waals surface area contributed by atoms with E-state index in [0.29, 0.717) is 6.42 Å². The van der Waals surface area contributed by atoms with Gasteiger partial charge in [-0.05, 0) is 19.8 Å². The van der Waals surface area contributed by atoms with Crippen molar-refractivity contribution in [1.82, 2.24) is 10.2 Å². The molecule has 0 aromatic rings. The van der Waals surface area contributed by atoms with E-state index in [1.807, 2.05) is 0 Å². The van der Waals surface area contributed by atoms with E-state index >= 15 is 0 Å². The average Bonchev–Trinajstić information content (AvgIpc) is 2.92. The van der Waals surface area contributed by atoms with Crippen LogP contribution >= 0.6 is 0 Å². The van der Waals surface area contributed by atoms with Gasteiger partial charge in [0, 0.05) is 6.54 Å². The number of carbonyl (C=O) groups is 3. The highest BCUT2D eigenvalue weighted by atomic mass is 19.4. The third kappa shape index (κ3) is 5.08. The lowest BCUT2D eigenvalue weighted by molar-refractivity contribution is -0.162. The Morgan fingerprint density at radius 2 is 2.00 bits per heavy atom. The number of likely N-dealkylation sites (tertiary alicyclic amines) is 1. The van der Waals surface area contributed by atoms with Crippen LogP contribution in [0.5, 0.6) is 0 Å². The van der Waals surface area contributed by atoms with E-state index in [4.69, 9.17) is 0 Å². The Morgan fingerprint density at radius 1 is 1.36 bits per heavy atom. The standard InChI is InChI=1S/C12H17F3N2O5/c1-7(10(19)21-2)16-9(18)8-4-3-5-17(8)11(20)22-6-12(13,14)15/h7-8H,3-6H2,1-2H3,(H,16,18)/t7-,8?/m1/s1. The van der Waals surface area contributed by atoms with Crippen molar-refractivity contribution in [3.8, 4) is 0 Å². The number of hydrogen-bond donors (Lipinski definition) is 1. The molecule has 0 bridgehead atoms. The van der Waals surface area contributed by atoms with Crippen molar-refractivity contribution < 1.29 is 37.0 Å². The molecular weight excluding hydrogens is 309 g/mol. The number of alkyl halides is 3. The summed E-state index contributed by atoms with van der Waals surface area (Å²) >= 11 is 0. The van der Waals surface area contributed by atoms with Gasteiger partial charge < -0.3 is 14.8 Å². The number of nitrogens with one attached hydrogen (secondary N) is 1. The number of ether oxygens (including phenoxy) is 2. The predicted molar refractivity (Wildman–Crippen MR) is 66.8 cm³/mol. The molecule has 1 aliphatic rings. The number of hydrogen-bond acceptors (Lipinski definition) is 5. The highest BCUT2D eigenvalue weighted by Gasteiger charge is 2.38. The Balaban J connectivity index is 2.60. The summed E-state index contributed by atoms with van der Waals surface area (Å²) in [5, 5.41) is 2.34. The van der Waals surface area contributed by atoms with E-state index in [2.05, 4.69) is 14.8 Å². The molecule has 126 valence electrons. The van der Waals surface area contributed by atoms with Gasteiger partial charge in [0.05, 0.1) is 7.11 Å². The SMILES string of the molecule is COC(=O)[C@@H](C)NC(=O)C1CCCN1C(=O)OCC(F)(F)F. The Kier molecular flexibility index (Phi) is 6.01. The summed E-state index contributed by atoms with van der Waals surface area (Å²) in [5.41, 5.74) is 0. The minimum absolute atomic E-state index is 0.112. The van der Waals surface area contributed by atoms with Crippen molar-refractivity contribution in [2.75, 3.05) is 20.3 Å². The van der Waals surface area contributed by atoms with Gasteiger partial charge in [-0.3, -0.25) is 9.69 Å². The molecule has 0 aliphatic carbocycles. The van der Waals surface area contributed by atoms with Gasteiger partial charge in [0.1, 0.15) is 12.1 Å². The van der Waals surface area contributed by atoms with Crippen LogP contribution < -0.4 is 5.32 Å². The van der Waals surface area contributed by atoms with Crippen LogP contribution in [0, 0.1) is 0 Å². The maximum absolute atomic E-state index is 12.0. The molecular formula is C12H17F3N2O5. The molecule has 1 unspecified atom stereocenters. The molecule has 0 spiro atoms. The molecule has 2 atom stereocenters. The van der Waals surface area contributed by atoms with Crippen LogP contribution in [0.1, 0.15) is 19.8 Å². The molecule has 0 aromatic carbocycles. The van der Waals surface area contributed by atoms with Crippen molar-refractivity contribution in [3.05, 3.63) is 0 Å². The van der Waals surface area contributed by atoms with E-state index in [9.17, 15) is 27.6 Å². The zero-order valence-corrected chi connectivity index (χ0v) is 12.1. The minimum Gasteiger partial charge on any atom is -0.467 e. The predicted octanol–water partition coefficient (Wildman–Crippen LogP) is 0.827. The van der Waals surface area contributed by atoms with Gasteiger partial charge in [-0.1, -0.05) is 0 Å². The van der Waals surface area contributed by atoms with E-state index in [0.717, 1.165) is 12.0 Å². The first-order valence-corrected chi connectivity index (χ1v) is 6.54. The molecule has 0 radical (unpaired) electrons. The highest BCUT2D eigenvalue weighted by Crippen LogP contribution is 2.21. The van der Waals surface area contributed by atoms with Gasteiger partial charge in [-0.2, -0.15) is 13.2 Å². The second-order valence-electron chi connectivity index (χ2n) is 4.77. The largest absolute Gasteiger partial charge is 0.467 e. The summed E-state index contributed by atoms with van der Waals surface area (Å²) in [4.78, 5) is 35.8. The van der Waals surface area contributed by atoms with E-state index in [1.165, 1.54) is 6.92 Å². The zero-order chi connectivity index (χ0) is 16.9. The van der Waals surface area contributed by atoms with E-state index in [1.54, 1.807) is 0 Å². The van der Waals surface area contributed by atoms with Gasteiger partial charge in [0.2, 0.25) is 5.91 Å². The Morgan fingerprint density at radius 3 is 2.55 bits per heavy atom. The lowest BCUT2D eigenvalue weighted by Gasteiger charge is -2.24. The Labute approximate surface area is 124 Å². The minimum atomic E-state index is -4.63. The summed E-state index contributed by atoms with van der Waals surface area (Å²) in [5.74, 6) is -1.31. The van der Waals surface area contributed by atoms with Gasteiger partial charge in [0.25, 0.3) is 0 Å². The third-order valence-corrected chi connectivity index (χ3v) is 3.06. The molecule has 1 saturated heterocycles. The second-order valence-corrected chi connectivity index (χ2v) is 4.77. The normalized spacial score (nSPS) is 19.5. The average molecular weight is 326 g/mol. The lowest BCUT2D eigenvalue weighted by Crippen LogP contribution is -2.50. The zero-order valence-electron chi connectivity index (χ0n) is 12.1. The molecule has 1 aliphatic heterocycles. The Hall–Kier alpha value is -2.00. The molecule has 0 aromatic heterocycles. The fourth-order valence-corrected chi connectivity index (χ4v) is 2.03. The summed E-state index contributed by atoms with van der Waals surface area (Å²) in [6.07, 6.45) is -5.11. The second kappa shape index (κ2) is 7.32. The van der Waals surface area contributed by atoms with Gasteiger partial charge in [-0.15, -0.1) is 0 Å². The first-order chi connectivity index (χ1) is 10.2. The number of rotatable bonds is 4. The van der Waals surface area contributed by atoms with Crippen LogP contribution in [0.25, 0.3) is 0 Å². The molecule has 22 heavy (non-hydrogen) atoms. The molecule has 7 nitrogen and oxygen atoms in total. The number of halogens is 3. The van der Waals surface area contributed by atoms with Crippen LogP contribution in [0.2, 0.25) is 0 Å². The molecule has 1 N–H and O–H groups in total. The first-order valence-electron chi connectivity index (χ1n) is 6.54. The number of nitrogens with zero attached hydrogens (tertiary/aromatic N) is 1. The van der Waals surface area contributed by atoms with Crippen LogP contribution in [-0.4, -0.2) is 61.4 Å². The summed E-state index contributed by atoms with van der Waals surface area (Å²) in [6.45, 7) is -0.207. The van der Waals surface area contributed by atoms with Gasteiger partial charge >= 0.3 is 18.2 Å². The van der Waals surface area contributed by atoms with E-state index < -0.39 is 42.8 Å². The molecule has 1 rings (SSSR count). The third-order valence-electron chi connectivity index (χ3n) is 3.06. The maximum Gasteiger partial charge on any atom is 0.422 e. The summed E-state index contributed by atoms with van der Waals surface area (Å²) in [6, 6.07) is -1.89. The molecule has 10 heteroatoms. The summed E-state index contributed by atoms with van der Waals surface area (Å²) in [7, 11) is 1.15. The van der Waals surface area contributed by atoms with Gasteiger partial charge in [0.15, 0.2) is 6.61 Å². The van der Waals surface area contributed by atoms with Crippen LogP contribution in [0.15, 0.2) is 0 Å². The molecule has 2 amide bonds. The van der Waals surface area contributed by atoms with Crippen molar-refractivity contribution in [2.24, 2.45) is 0 Å². The van der Waals surface area contributed by atoms with Gasteiger partial charge in [-0.25, -0.2) is 9.59 Å². The fourth-order valence-electron chi connectivity index (χ4n) is 2.03. The highest BCUT2D eigenvalue weighted by molar-refractivity contribution is 5.89. The molecule has 0 saturated carbocycles. The molecule has 1 fully saturated rings. The Bertz CT molecular complexity index is 441. The van der Waals surface area contributed by atoms with Crippen molar-refractivity contribution >= 4 is 18.0 Å². The monoisotopic (exact) mass is 326 g/mol. The maximum atomic E-state index is 12.0.